The molecule has 6 rings (SSSR count). The Morgan fingerprint density at radius 1 is 1.03 bits per heavy atom. The molecule has 0 amide bonds. The van der Waals surface area contributed by atoms with Gasteiger partial charge in [0.1, 0.15) is 6.10 Å². The summed E-state index contributed by atoms with van der Waals surface area (Å²) in [6.45, 7) is 2.53. The maximum Gasteiger partial charge on any atom is 0.331 e. The number of fused-ring (bicyclic) bond motifs is 4. The van der Waals surface area contributed by atoms with Gasteiger partial charge in [-0.2, -0.15) is 0 Å². The number of aryl methyl sites for hydroxylation is 2. The number of nitro groups is 1. The summed E-state index contributed by atoms with van der Waals surface area (Å²) in [6.07, 6.45) is -0.609. The van der Waals surface area contributed by atoms with Crippen LogP contribution in [0, 0.1) is 17.0 Å². The lowest BCUT2D eigenvalue weighted by Crippen LogP contribution is -2.37. The molecule has 0 unspecified atom stereocenters. The summed E-state index contributed by atoms with van der Waals surface area (Å²) < 4.78 is 21.6. The normalized spacial score (nSPS) is 16.4. The fourth-order valence-electron chi connectivity index (χ4n) is 5.16. The molecule has 0 N–H and O–H groups in total. The average molecular weight is 490 g/mol. The molecule has 4 heterocycles. The van der Waals surface area contributed by atoms with Crippen LogP contribution in [0.25, 0.3) is 22.2 Å². The van der Waals surface area contributed by atoms with Crippen LogP contribution in [-0.4, -0.2) is 32.0 Å². The number of aromatic nitrogens is 3. The molecule has 2 aliphatic heterocycles. The Morgan fingerprint density at radius 2 is 1.81 bits per heavy atom. The SMILES string of the molecule is Cc1ccc(-c2c3c(=O)n(C)c(=O)n(C)c3c3n2CCO[C@H]3c2ccc3c(c2)OCO3)cc1[N+](=O)[O-]. The van der Waals surface area contributed by atoms with Crippen LogP contribution >= 0.6 is 0 Å². The van der Waals surface area contributed by atoms with Gasteiger partial charge in [-0.05, 0) is 24.6 Å². The van der Waals surface area contributed by atoms with E-state index in [-0.39, 0.29) is 12.5 Å². The minimum absolute atomic E-state index is 0.0442. The van der Waals surface area contributed by atoms with E-state index >= 15 is 0 Å². The molecular weight excluding hydrogens is 468 g/mol. The molecule has 0 saturated heterocycles. The Bertz CT molecular complexity index is 1710. The minimum Gasteiger partial charge on any atom is -0.454 e. The fourth-order valence-corrected chi connectivity index (χ4v) is 5.16. The fraction of sp³-hybridized carbons (Fsp3) is 0.280. The number of rotatable bonds is 3. The Balaban J connectivity index is 1.71. The van der Waals surface area contributed by atoms with Gasteiger partial charge >= 0.3 is 5.69 Å². The molecular formula is C25H22N4O7. The van der Waals surface area contributed by atoms with Crippen LogP contribution in [0.15, 0.2) is 46.0 Å². The summed E-state index contributed by atoms with van der Waals surface area (Å²) in [5.74, 6) is 1.21. The molecule has 184 valence electrons. The molecule has 2 aromatic heterocycles. The molecule has 11 heteroatoms. The second-order valence-corrected chi connectivity index (χ2v) is 8.94. The molecule has 0 bridgehead atoms. The van der Waals surface area contributed by atoms with E-state index in [0.717, 1.165) is 10.1 Å². The summed E-state index contributed by atoms with van der Waals surface area (Å²) in [7, 11) is 3.03. The van der Waals surface area contributed by atoms with Crippen LogP contribution in [0.3, 0.4) is 0 Å². The van der Waals surface area contributed by atoms with Gasteiger partial charge in [-0.3, -0.25) is 24.0 Å². The molecule has 11 nitrogen and oxygen atoms in total. The lowest BCUT2D eigenvalue weighted by Gasteiger charge is -2.28. The van der Waals surface area contributed by atoms with E-state index in [4.69, 9.17) is 14.2 Å². The summed E-state index contributed by atoms with van der Waals surface area (Å²) in [6, 6.07) is 10.4. The predicted octanol–water partition coefficient (Wildman–Crippen LogP) is 2.77. The lowest BCUT2D eigenvalue weighted by atomic mass is 10.0. The van der Waals surface area contributed by atoms with Crippen LogP contribution < -0.4 is 20.7 Å². The van der Waals surface area contributed by atoms with Crippen molar-refractivity contribution in [3.05, 3.63) is 84.2 Å². The molecule has 0 aliphatic carbocycles. The van der Waals surface area contributed by atoms with Gasteiger partial charge in [0.15, 0.2) is 11.5 Å². The van der Waals surface area contributed by atoms with E-state index in [9.17, 15) is 19.7 Å². The van der Waals surface area contributed by atoms with Crippen molar-refractivity contribution in [2.45, 2.75) is 19.6 Å². The zero-order valence-electron chi connectivity index (χ0n) is 19.8. The lowest BCUT2D eigenvalue weighted by molar-refractivity contribution is -0.385. The number of nitrogens with zero attached hydrogens (tertiary/aromatic N) is 4. The summed E-state index contributed by atoms with van der Waals surface area (Å²) >= 11 is 0. The molecule has 2 aromatic carbocycles. The molecule has 0 fully saturated rings. The summed E-state index contributed by atoms with van der Waals surface area (Å²) in [4.78, 5) is 37.7. The van der Waals surface area contributed by atoms with Gasteiger partial charge in [0.05, 0.1) is 33.8 Å². The molecule has 0 saturated carbocycles. The Kier molecular flexibility index (Phi) is 4.80. The third-order valence-corrected chi connectivity index (χ3v) is 6.93. The maximum absolute atomic E-state index is 13.5. The van der Waals surface area contributed by atoms with Crippen molar-refractivity contribution in [2.75, 3.05) is 13.4 Å². The number of benzene rings is 2. The van der Waals surface area contributed by atoms with Crippen molar-refractivity contribution in [3.8, 4) is 22.8 Å². The highest BCUT2D eigenvalue weighted by Gasteiger charge is 2.34. The van der Waals surface area contributed by atoms with Crippen LogP contribution in [0.5, 0.6) is 11.5 Å². The zero-order valence-corrected chi connectivity index (χ0v) is 19.8. The highest BCUT2D eigenvalue weighted by atomic mass is 16.7. The first kappa shape index (κ1) is 22.1. The number of hydrogen-bond donors (Lipinski definition) is 0. The Hall–Kier alpha value is -4.38. The van der Waals surface area contributed by atoms with Crippen molar-refractivity contribution < 1.29 is 19.1 Å². The van der Waals surface area contributed by atoms with Gasteiger partial charge in [-0.15, -0.1) is 0 Å². The molecule has 4 aromatic rings. The van der Waals surface area contributed by atoms with E-state index in [1.54, 1.807) is 32.2 Å². The smallest absolute Gasteiger partial charge is 0.331 e. The molecule has 0 spiro atoms. The van der Waals surface area contributed by atoms with Gasteiger partial charge < -0.3 is 18.8 Å². The predicted molar refractivity (Wildman–Crippen MR) is 130 cm³/mol. The topological polar surface area (TPSA) is 120 Å². The number of ether oxygens (including phenoxy) is 3. The van der Waals surface area contributed by atoms with Gasteiger partial charge in [0, 0.05) is 37.8 Å². The Labute approximate surface area is 203 Å². The Morgan fingerprint density at radius 3 is 2.58 bits per heavy atom. The minimum atomic E-state index is -0.609. The van der Waals surface area contributed by atoms with Gasteiger partial charge in [0.25, 0.3) is 11.2 Å². The summed E-state index contributed by atoms with van der Waals surface area (Å²) in [5.41, 5.74) is 2.40. The van der Waals surface area contributed by atoms with Gasteiger partial charge in [-0.25, -0.2) is 4.79 Å². The van der Waals surface area contributed by atoms with Crippen molar-refractivity contribution in [2.24, 2.45) is 14.1 Å². The summed E-state index contributed by atoms with van der Waals surface area (Å²) in [5, 5.41) is 12.0. The monoisotopic (exact) mass is 490 g/mol. The highest BCUT2D eigenvalue weighted by molar-refractivity contribution is 5.97. The maximum atomic E-state index is 13.5. The van der Waals surface area contributed by atoms with Crippen molar-refractivity contribution >= 4 is 16.6 Å². The van der Waals surface area contributed by atoms with E-state index in [0.29, 0.717) is 58.1 Å². The van der Waals surface area contributed by atoms with E-state index in [1.807, 2.05) is 16.7 Å². The highest BCUT2D eigenvalue weighted by Crippen LogP contribution is 2.43. The first-order chi connectivity index (χ1) is 17.3. The van der Waals surface area contributed by atoms with Gasteiger partial charge in [0.2, 0.25) is 6.79 Å². The van der Waals surface area contributed by atoms with E-state index in [2.05, 4.69) is 0 Å². The second kappa shape index (κ2) is 7.82. The quantitative estimate of drug-likeness (QED) is 0.320. The van der Waals surface area contributed by atoms with Crippen molar-refractivity contribution in [3.63, 3.8) is 0 Å². The largest absolute Gasteiger partial charge is 0.454 e. The average Bonchev–Trinajstić information content (AvgIpc) is 3.48. The first-order valence-electron chi connectivity index (χ1n) is 11.4. The van der Waals surface area contributed by atoms with E-state index in [1.165, 1.54) is 17.7 Å². The first-order valence-corrected chi connectivity index (χ1v) is 11.4. The second-order valence-electron chi connectivity index (χ2n) is 8.94. The molecule has 36 heavy (non-hydrogen) atoms. The molecule has 1 atom stereocenters. The van der Waals surface area contributed by atoms with Crippen LogP contribution in [0.2, 0.25) is 0 Å². The molecule has 2 aliphatic rings. The zero-order chi connectivity index (χ0) is 25.3. The number of nitro benzene ring substituents is 1. The van der Waals surface area contributed by atoms with Crippen molar-refractivity contribution in [1.82, 2.24) is 13.7 Å². The third-order valence-electron chi connectivity index (χ3n) is 6.93. The van der Waals surface area contributed by atoms with Crippen LogP contribution in [-0.2, 0) is 25.4 Å². The van der Waals surface area contributed by atoms with Crippen LogP contribution in [0.1, 0.15) is 22.9 Å². The van der Waals surface area contributed by atoms with Gasteiger partial charge in [-0.1, -0.05) is 18.2 Å². The van der Waals surface area contributed by atoms with Crippen molar-refractivity contribution in [1.29, 1.82) is 0 Å². The standard InChI is InChI=1S/C25H22N4O7/c1-13-4-5-14(10-16(13)29(32)33)20-19-21(26(2)25(31)27(3)24(19)30)22-23(34-9-8-28(20)22)15-6-7-17-18(11-15)36-12-35-17/h4-7,10-11,23H,8-9,12H2,1-3H3/t23-/m0/s1. The van der Waals surface area contributed by atoms with E-state index < -0.39 is 22.3 Å². The van der Waals surface area contributed by atoms with Crippen LogP contribution in [0.4, 0.5) is 5.69 Å². The number of hydrogen-bond acceptors (Lipinski definition) is 7. The third kappa shape index (κ3) is 3.02. The molecule has 0 radical (unpaired) electrons.